The van der Waals surface area contributed by atoms with Crippen molar-refractivity contribution in [1.29, 1.82) is 0 Å². The van der Waals surface area contributed by atoms with Crippen LogP contribution in [0.1, 0.15) is 12.5 Å². The molecule has 0 spiro atoms. The Morgan fingerprint density at radius 3 is 2.65 bits per heavy atom. The number of rotatable bonds is 6. The molecule has 0 bridgehead atoms. The molecule has 148 valence electrons. The highest BCUT2D eigenvalue weighted by atomic mass is 127. The second kappa shape index (κ2) is 11.3. The minimum Gasteiger partial charge on any atom is -0.357 e. The van der Waals surface area contributed by atoms with Crippen LogP contribution in [0.3, 0.4) is 0 Å². The molecule has 1 N–H and O–H groups in total. The SMILES string of the molecule is CCNC(=NCCN1CCS(=O)(=O)CC1)N(C)Cc1cccc(Cl)c1.I. The number of nitrogens with one attached hydrogen (secondary N) is 1. The molecule has 0 amide bonds. The van der Waals surface area contributed by atoms with E-state index >= 15 is 0 Å². The zero-order valence-corrected chi connectivity index (χ0v) is 19.2. The third-order valence-electron chi connectivity index (χ3n) is 4.12. The van der Waals surface area contributed by atoms with Crippen molar-refractivity contribution >= 4 is 51.4 Å². The summed E-state index contributed by atoms with van der Waals surface area (Å²) in [7, 11) is -0.830. The van der Waals surface area contributed by atoms with E-state index in [1.165, 1.54) is 0 Å². The zero-order chi connectivity index (χ0) is 18.3. The highest BCUT2D eigenvalue weighted by Gasteiger charge is 2.20. The summed E-state index contributed by atoms with van der Waals surface area (Å²) in [5.74, 6) is 1.35. The van der Waals surface area contributed by atoms with Gasteiger partial charge in [0.25, 0.3) is 0 Å². The molecular weight excluding hydrogens is 487 g/mol. The van der Waals surface area contributed by atoms with Crippen molar-refractivity contribution in [1.82, 2.24) is 15.1 Å². The van der Waals surface area contributed by atoms with Gasteiger partial charge in [-0.3, -0.25) is 9.89 Å². The Hall–Kier alpha value is -0.580. The monoisotopic (exact) mass is 514 g/mol. The van der Waals surface area contributed by atoms with Crippen molar-refractivity contribution in [3.8, 4) is 0 Å². The molecule has 26 heavy (non-hydrogen) atoms. The van der Waals surface area contributed by atoms with Crippen molar-refractivity contribution in [2.75, 3.05) is 51.3 Å². The second-order valence-corrected chi connectivity index (χ2v) is 8.96. The van der Waals surface area contributed by atoms with E-state index in [2.05, 4.69) is 20.1 Å². The largest absolute Gasteiger partial charge is 0.357 e. The van der Waals surface area contributed by atoms with Gasteiger partial charge in [0, 0.05) is 44.8 Å². The number of guanidine groups is 1. The first-order chi connectivity index (χ1) is 11.9. The summed E-state index contributed by atoms with van der Waals surface area (Å²) in [4.78, 5) is 8.89. The molecular formula is C17H28ClIN4O2S. The zero-order valence-electron chi connectivity index (χ0n) is 15.3. The van der Waals surface area contributed by atoms with Crippen LogP contribution in [0.15, 0.2) is 29.3 Å². The number of hydrogen-bond acceptors (Lipinski definition) is 4. The van der Waals surface area contributed by atoms with Crippen molar-refractivity contribution < 1.29 is 8.42 Å². The van der Waals surface area contributed by atoms with Gasteiger partial charge < -0.3 is 10.2 Å². The fourth-order valence-corrected chi connectivity index (χ4v) is 4.21. The third kappa shape index (κ3) is 7.98. The fraction of sp³-hybridized carbons (Fsp3) is 0.588. The van der Waals surface area contributed by atoms with Crippen LogP contribution in [0.5, 0.6) is 0 Å². The molecule has 1 aromatic carbocycles. The predicted molar refractivity (Wildman–Crippen MR) is 119 cm³/mol. The minimum atomic E-state index is -2.83. The Kier molecular flexibility index (Phi) is 10.2. The first kappa shape index (κ1) is 23.5. The van der Waals surface area contributed by atoms with Crippen LogP contribution in [-0.4, -0.2) is 75.5 Å². The summed E-state index contributed by atoms with van der Waals surface area (Å²) < 4.78 is 22.9. The number of nitrogens with zero attached hydrogens (tertiary/aromatic N) is 3. The Balaban J connectivity index is 0.00000338. The van der Waals surface area contributed by atoms with Crippen molar-refractivity contribution in [2.45, 2.75) is 13.5 Å². The number of hydrogen-bond donors (Lipinski definition) is 1. The van der Waals surface area contributed by atoms with Gasteiger partial charge in [0.1, 0.15) is 0 Å². The Labute approximate surface area is 178 Å². The highest BCUT2D eigenvalue weighted by Crippen LogP contribution is 2.12. The van der Waals surface area contributed by atoms with E-state index in [-0.39, 0.29) is 35.5 Å². The molecule has 9 heteroatoms. The van der Waals surface area contributed by atoms with E-state index in [9.17, 15) is 8.42 Å². The Morgan fingerprint density at radius 1 is 1.35 bits per heavy atom. The van der Waals surface area contributed by atoms with E-state index in [1.54, 1.807) is 0 Å². The summed E-state index contributed by atoms with van der Waals surface area (Å²) in [6.45, 7) is 6.17. The smallest absolute Gasteiger partial charge is 0.194 e. The molecule has 1 aliphatic rings. The van der Waals surface area contributed by atoms with Gasteiger partial charge in [0.05, 0.1) is 18.1 Å². The lowest BCUT2D eigenvalue weighted by molar-refractivity contribution is 0.303. The molecule has 1 heterocycles. The highest BCUT2D eigenvalue weighted by molar-refractivity contribution is 14.0. The molecule has 0 atom stereocenters. The maximum Gasteiger partial charge on any atom is 0.194 e. The molecule has 1 aromatic rings. The molecule has 0 aliphatic carbocycles. The average molecular weight is 515 g/mol. The van der Waals surface area contributed by atoms with E-state index in [1.807, 2.05) is 38.2 Å². The molecule has 1 saturated heterocycles. The average Bonchev–Trinajstić information content (AvgIpc) is 2.55. The van der Waals surface area contributed by atoms with Crippen LogP contribution in [-0.2, 0) is 16.4 Å². The molecule has 0 saturated carbocycles. The predicted octanol–water partition coefficient (Wildman–Crippen LogP) is 2.09. The van der Waals surface area contributed by atoms with E-state index < -0.39 is 9.84 Å². The van der Waals surface area contributed by atoms with Crippen LogP contribution in [0.2, 0.25) is 5.02 Å². The van der Waals surface area contributed by atoms with E-state index in [0.29, 0.717) is 26.2 Å². The Bertz CT molecular complexity index is 686. The summed E-state index contributed by atoms with van der Waals surface area (Å²) in [6.07, 6.45) is 0. The third-order valence-corrected chi connectivity index (χ3v) is 5.96. The molecule has 1 aliphatic heterocycles. The lowest BCUT2D eigenvalue weighted by Gasteiger charge is -2.26. The van der Waals surface area contributed by atoms with Gasteiger partial charge in [-0.05, 0) is 24.6 Å². The number of benzene rings is 1. The van der Waals surface area contributed by atoms with Gasteiger partial charge in [-0.25, -0.2) is 8.42 Å². The maximum atomic E-state index is 11.5. The molecule has 2 rings (SSSR count). The van der Waals surface area contributed by atoms with Gasteiger partial charge in [0.15, 0.2) is 15.8 Å². The van der Waals surface area contributed by atoms with Crippen LogP contribution in [0, 0.1) is 0 Å². The van der Waals surface area contributed by atoms with Gasteiger partial charge >= 0.3 is 0 Å². The molecule has 0 unspecified atom stereocenters. The summed E-state index contributed by atoms with van der Waals surface area (Å²) in [6, 6.07) is 7.80. The number of aliphatic imine (C=N–C) groups is 1. The van der Waals surface area contributed by atoms with E-state index in [0.717, 1.165) is 29.6 Å². The maximum absolute atomic E-state index is 11.5. The second-order valence-electron chi connectivity index (χ2n) is 6.22. The molecule has 6 nitrogen and oxygen atoms in total. The molecule has 0 aromatic heterocycles. The van der Waals surface area contributed by atoms with Crippen LogP contribution in [0.25, 0.3) is 0 Å². The normalized spacial score (nSPS) is 17.4. The van der Waals surface area contributed by atoms with Crippen molar-refractivity contribution in [3.05, 3.63) is 34.9 Å². The minimum absolute atomic E-state index is 0. The van der Waals surface area contributed by atoms with Crippen LogP contribution in [0.4, 0.5) is 0 Å². The summed E-state index contributed by atoms with van der Waals surface area (Å²) in [5, 5.41) is 4.03. The van der Waals surface area contributed by atoms with E-state index in [4.69, 9.17) is 11.6 Å². The standard InChI is InChI=1S/C17H27ClN4O2S.HI/c1-3-19-17(21(2)14-15-5-4-6-16(18)13-15)20-7-8-22-9-11-25(23,24)12-10-22;/h4-6,13H,3,7-12,14H2,1-2H3,(H,19,20);1H. The van der Waals surface area contributed by atoms with Gasteiger partial charge in [-0.15, -0.1) is 24.0 Å². The molecule has 0 radical (unpaired) electrons. The Morgan fingerprint density at radius 2 is 2.04 bits per heavy atom. The van der Waals surface area contributed by atoms with Crippen LogP contribution < -0.4 is 5.32 Å². The lowest BCUT2D eigenvalue weighted by Crippen LogP contribution is -2.42. The number of sulfone groups is 1. The van der Waals surface area contributed by atoms with Gasteiger partial charge in [0.2, 0.25) is 0 Å². The first-order valence-corrected chi connectivity index (χ1v) is 10.8. The topological polar surface area (TPSA) is 65.0 Å². The lowest BCUT2D eigenvalue weighted by atomic mass is 10.2. The van der Waals surface area contributed by atoms with Crippen molar-refractivity contribution in [3.63, 3.8) is 0 Å². The van der Waals surface area contributed by atoms with Gasteiger partial charge in [-0.1, -0.05) is 23.7 Å². The van der Waals surface area contributed by atoms with Gasteiger partial charge in [-0.2, -0.15) is 0 Å². The van der Waals surface area contributed by atoms with Crippen LogP contribution >= 0.6 is 35.6 Å². The fourth-order valence-electron chi connectivity index (χ4n) is 2.72. The first-order valence-electron chi connectivity index (χ1n) is 8.56. The number of halogens is 2. The quantitative estimate of drug-likeness (QED) is 0.358. The summed E-state index contributed by atoms with van der Waals surface area (Å²) >= 11 is 6.05. The van der Waals surface area contributed by atoms with Crippen molar-refractivity contribution in [2.24, 2.45) is 4.99 Å². The molecule has 1 fully saturated rings. The summed E-state index contributed by atoms with van der Waals surface area (Å²) in [5.41, 5.74) is 1.13.